The molecule has 26 heavy (non-hydrogen) atoms. The quantitative estimate of drug-likeness (QED) is 0.742. The Labute approximate surface area is 156 Å². The van der Waals surface area contributed by atoms with Crippen molar-refractivity contribution in [1.29, 1.82) is 0 Å². The van der Waals surface area contributed by atoms with Gasteiger partial charge in [0, 0.05) is 12.5 Å². The molecule has 138 valence electrons. The molecule has 2 aromatic carbocycles. The number of nitrogens with zero attached hydrogens (tertiary/aromatic N) is 1. The summed E-state index contributed by atoms with van der Waals surface area (Å²) >= 11 is 0. The van der Waals surface area contributed by atoms with E-state index in [4.69, 9.17) is 10.5 Å². The predicted molar refractivity (Wildman–Crippen MR) is 104 cm³/mol. The van der Waals surface area contributed by atoms with Gasteiger partial charge in [-0.3, -0.25) is 4.79 Å². The zero-order chi connectivity index (χ0) is 18.2. The van der Waals surface area contributed by atoms with E-state index in [-0.39, 0.29) is 11.8 Å². The maximum absolute atomic E-state index is 11.2. The number of rotatable bonds is 8. The van der Waals surface area contributed by atoms with Crippen LogP contribution in [0.2, 0.25) is 0 Å². The van der Waals surface area contributed by atoms with E-state index in [1.807, 2.05) is 6.07 Å². The molecule has 0 bridgehead atoms. The van der Waals surface area contributed by atoms with Gasteiger partial charge >= 0.3 is 0 Å². The lowest BCUT2D eigenvalue weighted by Gasteiger charge is -2.30. The Morgan fingerprint density at radius 1 is 1.00 bits per heavy atom. The number of hydrogen-bond donors (Lipinski definition) is 1. The van der Waals surface area contributed by atoms with Gasteiger partial charge in [0.05, 0.1) is 6.61 Å². The molecular weight excluding hydrogens is 324 g/mol. The fraction of sp³-hybridized carbons (Fsp3) is 0.409. The van der Waals surface area contributed by atoms with E-state index in [9.17, 15) is 4.79 Å². The minimum Gasteiger partial charge on any atom is -0.494 e. The third-order valence-electron chi connectivity index (χ3n) is 5.05. The number of ether oxygens (including phenoxy) is 1. The van der Waals surface area contributed by atoms with Crippen molar-refractivity contribution in [2.45, 2.75) is 25.7 Å². The van der Waals surface area contributed by atoms with E-state index < -0.39 is 0 Å². The molecule has 0 aromatic heterocycles. The fourth-order valence-corrected chi connectivity index (χ4v) is 3.45. The molecule has 0 aliphatic carbocycles. The van der Waals surface area contributed by atoms with Crippen LogP contribution in [0.5, 0.6) is 5.75 Å². The fourth-order valence-electron chi connectivity index (χ4n) is 3.45. The molecule has 0 unspecified atom stereocenters. The topological polar surface area (TPSA) is 55.6 Å². The van der Waals surface area contributed by atoms with E-state index in [1.54, 1.807) is 0 Å². The summed E-state index contributed by atoms with van der Waals surface area (Å²) in [5.74, 6) is 0.842. The SMILES string of the molecule is NC(=O)C1CCN(CCCOc2ccc(Cc3ccccc3)cc2)CC1. The number of carbonyl (C=O) groups is 1. The zero-order valence-electron chi connectivity index (χ0n) is 15.3. The van der Waals surface area contributed by atoms with Gasteiger partial charge < -0.3 is 15.4 Å². The maximum atomic E-state index is 11.2. The Morgan fingerprint density at radius 2 is 1.65 bits per heavy atom. The van der Waals surface area contributed by atoms with Crippen molar-refractivity contribution in [3.05, 3.63) is 65.7 Å². The smallest absolute Gasteiger partial charge is 0.220 e. The van der Waals surface area contributed by atoms with Gasteiger partial charge in [0.25, 0.3) is 0 Å². The van der Waals surface area contributed by atoms with Gasteiger partial charge in [0.1, 0.15) is 5.75 Å². The molecule has 1 aliphatic rings. The Balaban J connectivity index is 1.34. The van der Waals surface area contributed by atoms with Gasteiger partial charge in [0.15, 0.2) is 0 Å². The summed E-state index contributed by atoms with van der Waals surface area (Å²) in [5.41, 5.74) is 7.99. The number of hydrogen-bond acceptors (Lipinski definition) is 3. The van der Waals surface area contributed by atoms with Crippen molar-refractivity contribution in [1.82, 2.24) is 4.90 Å². The molecule has 1 amide bonds. The van der Waals surface area contributed by atoms with E-state index in [0.717, 1.165) is 51.1 Å². The summed E-state index contributed by atoms with van der Waals surface area (Å²) in [4.78, 5) is 13.6. The monoisotopic (exact) mass is 352 g/mol. The average molecular weight is 352 g/mol. The highest BCUT2D eigenvalue weighted by Crippen LogP contribution is 2.18. The summed E-state index contributed by atoms with van der Waals surface area (Å²) < 4.78 is 5.86. The Hall–Kier alpha value is -2.33. The highest BCUT2D eigenvalue weighted by atomic mass is 16.5. The first kappa shape index (κ1) is 18.5. The number of likely N-dealkylation sites (tertiary alicyclic amines) is 1. The molecule has 2 aromatic rings. The normalized spacial score (nSPS) is 15.7. The van der Waals surface area contributed by atoms with E-state index >= 15 is 0 Å². The summed E-state index contributed by atoms with van der Waals surface area (Å²) in [6.45, 7) is 3.65. The molecule has 4 heteroatoms. The molecule has 3 rings (SSSR count). The molecule has 0 spiro atoms. The van der Waals surface area contributed by atoms with E-state index in [0.29, 0.717) is 6.61 Å². The first-order valence-corrected chi connectivity index (χ1v) is 9.48. The average Bonchev–Trinajstić information content (AvgIpc) is 2.68. The van der Waals surface area contributed by atoms with Crippen LogP contribution in [0.25, 0.3) is 0 Å². The molecule has 0 atom stereocenters. The van der Waals surface area contributed by atoms with Crippen molar-refractivity contribution >= 4 is 5.91 Å². The van der Waals surface area contributed by atoms with E-state index in [1.165, 1.54) is 11.1 Å². The number of benzene rings is 2. The number of amides is 1. The van der Waals surface area contributed by atoms with Gasteiger partial charge in [-0.15, -0.1) is 0 Å². The van der Waals surface area contributed by atoms with Crippen LogP contribution >= 0.6 is 0 Å². The van der Waals surface area contributed by atoms with Crippen LogP contribution < -0.4 is 10.5 Å². The van der Waals surface area contributed by atoms with Crippen LogP contribution in [0.4, 0.5) is 0 Å². The van der Waals surface area contributed by atoms with Crippen LogP contribution in [0.15, 0.2) is 54.6 Å². The standard InChI is InChI=1S/C22H28N2O2/c23-22(25)20-11-14-24(15-12-20)13-4-16-26-21-9-7-19(8-10-21)17-18-5-2-1-3-6-18/h1-3,5-10,20H,4,11-17H2,(H2,23,25). The second kappa shape index (κ2) is 9.39. The molecular formula is C22H28N2O2. The number of nitrogens with two attached hydrogens (primary N) is 1. The van der Waals surface area contributed by atoms with Gasteiger partial charge in [-0.1, -0.05) is 42.5 Å². The molecule has 0 radical (unpaired) electrons. The van der Waals surface area contributed by atoms with Crippen molar-refractivity contribution in [2.24, 2.45) is 11.7 Å². The lowest BCUT2D eigenvalue weighted by atomic mass is 9.96. The zero-order valence-corrected chi connectivity index (χ0v) is 15.3. The van der Waals surface area contributed by atoms with Crippen molar-refractivity contribution in [3.8, 4) is 5.75 Å². The predicted octanol–water partition coefficient (Wildman–Crippen LogP) is 3.24. The Morgan fingerprint density at radius 3 is 2.31 bits per heavy atom. The molecule has 1 heterocycles. The van der Waals surface area contributed by atoms with E-state index in [2.05, 4.69) is 53.4 Å². The third kappa shape index (κ3) is 5.60. The van der Waals surface area contributed by atoms with Crippen LogP contribution in [0.1, 0.15) is 30.4 Å². The van der Waals surface area contributed by atoms with Crippen molar-refractivity contribution < 1.29 is 9.53 Å². The van der Waals surface area contributed by atoms with Crippen LogP contribution in [-0.4, -0.2) is 37.0 Å². The lowest BCUT2D eigenvalue weighted by molar-refractivity contribution is -0.123. The van der Waals surface area contributed by atoms with Crippen LogP contribution in [-0.2, 0) is 11.2 Å². The maximum Gasteiger partial charge on any atom is 0.220 e. The summed E-state index contributed by atoms with van der Waals surface area (Å²) in [6, 6.07) is 18.9. The second-order valence-corrected chi connectivity index (χ2v) is 7.03. The van der Waals surface area contributed by atoms with Gasteiger partial charge in [0.2, 0.25) is 5.91 Å². The summed E-state index contributed by atoms with van der Waals surface area (Å²) in [6.07, 6.45) is 3.72. The molecule has 1 fully saturated rings. The second-order valence-electron chi connectivity index (χ2n) is 7.03. The summed E-state index contributed by atoms with van der Waals surface area (Å²) in [5, 5.41) is 0. The third-order valence-corrected chi connectivity index (χ3v) is 5.05. The van der Waals surface area contributed by atoms with Crippen molar-refractivity contribution in [2.75, 3.05) is 26.2 Å². The van der Waals surface area contributed by atoms with Gasteiger partial charge in [-0.25, -0.2) is 0 Å². The first-order chi connectivity index (χ1) is 12.7. The van der Waals surface area contributed by atoms with Crippen LogP contribution in [0, 0.1) is 5.92 Å². The summed E-state index contributed by atoms with van der Waals surface area (Å²) in [7, 11) is 0. The minimum atomic E-state index is -0.149. The molecule has 4 nitrogen and oxygen atoms in total. The largest absolute Gasteiger partial charge is 0.494 e. The number of piperidine rings is 1. The van der Waals surface area contributed by atoms with Gasteiger partial charge in [-0.2, -0.15) is 0 Å². The number of carbonyl (C=O) groups excluding carboxylic acids is 1. The molecule has 2 N–H and O–H groups in total. The van der Waals surface area contributed by atoms with Crippen LogP contribution in [0.3, 0.4) is 0 Å². The lowest BCUT2D eigenvalue weighted by Crippen LogP contribution is -2.39. The highest BCUT2D eigenvalue weighted by molar-refractivity contribution is 5.76. The molecule has 0 saturated carbocycles. The molecule has 1 aliphatic heterocycles. The Bertz CT molecular complexity index is 677. The first-order valence-electron chi connectivity index (χ1n) is 9.48. The minimum absolute atomic E-state index is 0.0666. The Kier molecular flexibility index (Phi) is 6.67. The highest BCUT2D eigenvalue weighted by Gasteiger charge is 2.22. The number of primary amides is 1. The molecule has 1 saturated heterocycles. The van der Waals surface area contributed by atoms with Crippen molar-refractivity contribution in [3.63, 3.8) is 0 Å². The van der Waals surface area contributed by atoms with Gasteiger partial charge in [-0.05, 0) is 62.0 Å².